The highest BCUT2D eigenvalue weighted by Gasteiger charge is 2.34. The van der Waals surface area contributed by atoms with E-state index in [-0.39, 0.29) is 5.91 Å². The topological polar surface area (TPSA) is 72.2 Å². The maximum Gasteiger partial charge on any atom is 0.240 e. The lowest BCUT2D eigenvalue weighted by atomic mass is 9.95. The molecule has 0 saturated carbocycles. The van der Waals surface area contributed by atoms with Gasteiger partial charge in [-0.2, -0.15) is 0 Å². The number of amides is 2. The monoisotopic (exact) mass is 320 g/mol. The van der Waals surface area contributed by atoms with Crippen LogP contribution in [0.25, 0.3) is 11.1 Å². The fraction of sp³-hybridized carbons (Fsp3) is 0.200. The number of carbonyl (C=O) groups is 2. The first kappa shape index (κ1) is 16.0. The van der Waals surface area contributed by atoms with Gasteiger partial charge in [0.05, 0.1) is 5.92 Å². The van der Waals surface area contributed by atoms with Crippen LogP contribution in [0.3, 0.4) is 0 Å². The molecule has 0 aromatic heterocycles. The van der Waals surface area contributed by atoms with E-state index in [0.29, 0.717) is 12.8 Å². The molecule has 0 radical (unpaired) electrons. The summed E-state index contributed by atoms with van der Waals surface area (Å²) in [7, 11) is 0. The third kappa shape index (κ3) is 2.83. The molecule has 122 valence electrons. The predicted molar refractivity (Wildman–Crippen MR) is 94.3 cm³/mol. The van der Waals surface area contributed by atoms with E-state index in [1.54, 1.807) is 6.08 Å². The molecule has 2 aromatic rings. The van der Waals surface area contributed by atoms with E-state index in [2.05, 4.69) is 11.9 Å². The van der Waals surface area contributed by atoms with Crippen LogP contribution in [0.5, 0.6) is 0 Å². The van der Waals surface area contributed by atoms with Crippen LogP contribution in [0.4, 0.5) is 0 Å². The zero-order valence-electron chi connectivity index (χ0n) is 13.4. The zero-order chi connectivity index (χ0) is 17.1. The molecule has 0 unspecified atom stereocenters. The van der Waals surface area contributed by atoms with Crippen molar-refractivity contribution in [2.45, 2.75) is 24.8 Å². The fourth-order valence-electron chi connectivity index (χ4n) is 3.26. The number of hydrogen-bond donors (Lipinski definition) is 2. The van der Waals surface area contributed by atoms with E-state index >= 15 is 0 Å². The summed E-state index contributed by atoms with van der Waals surface area (Å²) in [4.78, 5) is 24.5. The molecule has 2 amide bonds. The van der Waals surface area contributed by atoms with Crippen molar-refractivity contribution in [1.82, 2.24) is 5.32 Å². The third-order valence-corrected chi connectivity index (χ3v) is 4.42. The lowest BCUT2D eigenvalue weighted by molar-refractivity contribution is -0.127. The summed E-state index contributed by atoms with van der Waals surface area (Å²) in [6.45, 7) is 3.64. The highest BCUT2D eigenvalue weighted by Crippen LogP contribution is 2.44. The number of benzene rings is 2. The summed E-state index contributed by atoms with van der Waals surface area (Å²) >= 11 is 0. The van der Waals surface area contributed by atoms with Crippen LogP contribution in [-0.2, 0) is 9.59 Å². The Morgan fingerprint density at radius 2 is 1.62 bits per heavy atom. The van der Waals surface area contributed by atoms with E-state index in [0.717, 1.165) is 22.3 Å². The minimum atomic E-state index is -0.685. The second-order valence-corrected chi connectivity index (χ2v) is 5.94. The van der Waals surface area contributed by atoms with Gasteiger partial charge in [-0.15, -0.1) is 6.58 Å². The van der Waals surface area contributed by atoms with Gasteiger partial charge in [0.1, 0.15) is 6.04 Å². The number of carbonyl (C=O) groups excluding carboxylic acids is 2. The number of allylic oxidation sites excluding steroid dienone is 1. The molecule has 1 aliphatic carbocycles. The molecule has 3 rings (SSSR count). The van der Waals surface area contributed by atoms with Crippen molar-refractivity contribution >= 4 is 11.8 Å². The van der Waals surface area contributed by atoms with Crippen molar-refractivity contribution in [2.75, 3.05) is 0 Å². The summed E-state index contributed by atoms with van der Waals surface area (Å²) in [5.74, 6) is -1.13. The summed E-state index contributed by atoms with van der Waals surface area (Å²) in [6, 6.07) is 15.1. The normalized spacial score (nSPS) is 13.7. The molecule has 3 N–H and O–H groups in total. The molecule has 1 atom stereocenters. The Bertz CT molecular complexity index is 752. The van der Waals surface area contributed by atoms with Crippen LogP contribution < -0.4 is 11.1 Å². The molecule has 0 spiro atoms. The van der Waals surface area contributed by atoms with Gasteiger partial charge in [0, 0.05) is 0 Å². The predicted octanol–water partition coefficient (Wildman–Crippen LogP) is 2.74. The molecule has 0 fully saturated rings. The molecule has 0 saturated heterocycles. The van der Waals surface area contributed by atoms with Crippen LogP contribution in [0.2, 0.25) is 0 Å². The average Bonchev–Trinajstić information content (AvgIpc) is 2.93. The molecule has 4 nitrogen and oxygen atoms in total. The second kappa shape index (κ2) is 6.71. The SMILES string of the molecule is C=CCC[C@H](NC(=O)C1c2ccccc2-c2ccccc21)C(N)=O. The molecule has 0 bridgehead atoms. The first-order chi connectivity index (χ1) is 11.6. The van der Waals surface area contributed by atoms with E-state index in [1.165, 1.54) is 0 Å². The summed E-state index contributed by atoms with van der Waals surface area (Å²) < 4.78 is 0. The van der Waals surface area contributed by atoms with Crippen molar-refractivity contribution in [3.05, 3.63) is 72.3 Å². The van der Waals surface area contributed by atoms with Gasteiger partial charge < -0.3 is 11.1 Å². The molecule has 0 aliphatic heterocycles. The van der Waals surface area contributed by atoms with E-state index in [1.807, 2.05) is 48.5 Å². The molecular weight excluding hydrogens is 300 g/mol. The van der Waals surface area contributed by atoms with Crippen molar-refractivity contribution < 1.29 is 9.59 Å². The Morgan fingerprint density at radius 1 is 1.08 bits per heavy atom. The van der Waals surface area contributed by atoms with Gasteiger partial charge >= 0.3 is 0 Å². The number of primary amides is 1. The first-order valence-corrected chi connectivity index (χ1v) is 8.02. The summed E-state index contributed by atoms with van der Waals surface area (Å²) in [6.07, 6.45) is 2.79. The van der Waals surface area contributed by atoms with Gasteiger partial charge in [0.15, 0.2) is 0 Å². The van der Waals surface area contributed by atoms with Crippen LogP contribution in [0, 0.1) is 0 Å². The lowest BCUT2D eigenvalue weighted by Gasteiger charge is -2.19. The van der Waals surface area contributed by atoms with Crippen molar-refractivity contribution in [2.24, 2.45) is 5.73 Å². The molecule has 4 heteroatoms. The van der Waals surface area contributed by atoms with Gasteiger partial charge in [-0.1, -0.05) is 54.6 Å². The largest absolute Gasteiger partial charge is 0.368 e. The molecule has 24 heavy (non-hydrogen) atoms. The van der Waals surface area contributed by atoms with Crippen molar-refractivity contribution in [3.63, 3.8) is 0 Å². The Labute approximate surface area is 141 Å². The van der Waals surface area contributed by atoms with Crippen molar-refractivity contribution in [3.8, 4) is 11.1 Å². The maximum atomic E-state index is 12.9. The number of fused-ring (bicyclic) bond motifs is 3. The number of nitrogens with two attached hydrogens (primary N) is 1. The Morgan fingerprint density at radius 3 is 2.12 bits per heavy atom. The number of nitrogens with one attached hydrogen (secondary N) is 1. The van der Waals surface area contributed by atoms with Crippen LogP contribution >= 0.6 is 0 Å². The summed E-state index contributed by atoms with van der Waals surface area (Å²) in [5.41, 5.74) is 9.48. The average molecular weight is 320 g/mol. The first-order valence-electron chi connectivity index (χ1n) is 8.02. The van der Waals surface area contributed by atoms with Crippen LogP contribution in [0.1, 0.15) is 29.9 Å². The van der Waals surface area contributed by atoms with Gasteiger partial charge in [-0.25, -0.2) is 0 Å². The smallest absolute Gasteiger partial charge is 0.240 e. The second-order valence-electron chi connectivity index (χ2n) is 5.94. The van der Waals surface area contributed by atoms with Gasteiger partial charge in [-0.05, 0) is 35.1 Å². The fourth-order valence-corrected chi connectivity index (χ4v) is 3.26. The third-order valence-electron chi connectivity index (χ3n) is 4.42. The Kier molecular flexibility index (Phi) is 4.47. The Balaban J connectivity index is 1.92. The highest BCUT2D eigenvalue weighted by molar-refractivity contribution is 5.98. The maximum absolute atomic E-state index is 12.9. The van der Waals surface area contributed by atoms with Crippen molar-refractivity contribution in [1.29, 1.82) is 0 Å². The number of rotatable bonds is 6. The summed E-state index contributed by atoms with van der Waals surface area (Å²) in [5, 5.41) is 2.81. The highest BCUT2D eigenvalue weighted by atomic mass is 16.2. The molecule has 1 aliphatic rings. The zero-order valence-corrected chi connectivity index (χ0v) is 13.4. The Hall–Kier alpha value is -2.88. The van der Waals surface area contributed by atoms with Gasteiger partial charge in [0.2, 0.25) is 11.8 Å². The standard InChI is InChI=1S/C20H20N2O2/c1-2-3-12-17(19(21)23)22-20(24)18-15-10-6-4-8-13(15)14-9-5-7-11-16(14)18/h2,4-11,17-18H,1,3,12H2,(H2,21,23)(H,22,24)/t17-/m0/s1. The molecule has 2 aromatic carbocycles. The van der Waals surface area contributed by atoms with E-state index < -0.39 is 17.9 Å². The molecule has 0 heterocycles. The van der Waals surface area contributed by atoms with Crippen LogP contribution in [-0.4, -0.2) is 17.9 Å². The minimum Gasteiger partial charge on any atom is -0.368 e. The quantitative estimate of drug-likeness (QED) is 0.803. The number of hydrogen-bond acceptors (Lipinski definition) is 2. The van der Waals surface area contributed by atoms with E-state index in [9.17, 15) is 9.59 Å². The lowest BCUT2D eigenvalue weighted by Crippen LogP contribution is -2.46. The van der Waals surface area contributed by atoms with E-state index in [4.69, 9.17) is 5.73 Å². The van der Waals surface area contributed by atoms with Gasteiger partial charge in [-0.3, -0.25) is 9.59 Å². The molecular formula is C20H20N2O2. The minimum absolute atomic E-state index is 0.194. The van der Waals surface area contributed by atoms with Gasteiger partial charge in [0.25, 0.3) is 0 Å². The van der Waals surface area contributed by atoms with Crippen LogP contribution in [0.15, 0.2) is 61.2 Å².